The molecule has 2 saturated carbocycles. The molecule has 34 nitrogen and oxygen atoms in total. The first-order valence-corrected chi connectivity index (χ1v) is 50.6. The van der Waals surface area contributed by atoms with Crippen LogP contribution in [0.1, 0.15) is 122 Å². The van der Waals surface area contributed by atoms with E-state index < -0.39 is 70.3 Å². The zero-order valence-corrected chi connectivity index (χ0v) is 79.8. The molecule has 0 bridgehead atoms. The van der Waals surface area contributed by atoms with Crippen LogP contribution in [0.15, 0.2) is 238 Å². The normalized spacial score (nSPS) is 17.1. The second-order valence-corrected chi connectivity index (χ2v) is 42.3. The van der Waals surface area contributed by atoms with E-state index in [2.05, 4.69) is 61.2 Å². The molecule has 5 aromatic carbocycles. The number of fused-ring (bicyclic) bond motifs is 11. The molecule has 6 atom stereocenters. The Balaban J connectivity index is 0.000000131. The Morgan fingerprint density at radius 1 is 0.600 bits per heavy atom. The number of aromatic nitrogens is 13. The number of nitrogens with zero attached hydrogens (tertiary/aromatic N) is 20. The number of hydrogen-bond donors (Lipinski definition) is 2. The van der Waals surface area contributed by atoms with Crippen molar-refractivity contribution < 1.29 is 43.6 Å². The molecular weight excluding hydrogens is 1810 g/mol. The number of carbonyl (C=O) groups is 2. The van der Waals surface area contributed by atoms with Gasteiger partial charge in [-0.25, -0.2) is 60.7 Å². The number of hydrogen-bond acceptors (Lipinski definition) is 24. The molecular formula is C95H102F2N22O12S4. The lowest BCUT2D eigenvalue weighted by atomic mass is 9.97. The SMILES string of the molecule is CC(C)Cn1c(=O)n(C)c(=O)c2c(Nc3ccccc3)n(Cc3ccc(-n4ccnc4)cc3)cc21.CN1C(=O)c2c(nn(Cc3ccc(-c4cccc(F)n4)cc3)c2S(C)(=O)=O)N2C1=N[C@@H]1CCC[C@@H]12.CN1C(=O)c2c(nn(Cc3ccc(-c4cccc(F)n4)cc3)c2S(C)=O)N2C1=N[C@@H]1CCC[C@@H]12.Cn1c(=O)c(C(=NCc2ccc(S(C)(=O)=O)cc2)S(C)=O)c(N)n(CC(C)(C)C)c1=O. The van der Waals surface area contributed by atoms with E-state index in [0.29, 0.717) is 87.5 Å². The Labute approximate surface area is 781 Å². The first-order chi connectivity index (χ1) is 64.2. The van der Waals surface area contributed by atoms with Crippen LogP contribution in [0.25, 0.3) is 39.1 Å². The molecule has 6 aliphatic rings. The molecule has 8 aromatic heterocycles. The molecule has 2 amide bonds. The van der Waals surface area contributed by atoms with Gasteiger partial charge < -0.3 is 20.2 Å². The van der Waals surface area contributed by atoms with Crippen molar-refractivity contribution in [3.05, 3.63) is 281 Å². The molecule has 40 heteroatoms. The van der Waals surface area contributed by atoms with Crippen molar-refractivity contribution in [2.24, 2.45) is 40.4 Å². The highest BCUT2D eigenvalue weighted by Crippen LogP contribution is 2.45. The van der Waals surface area contributed by atoms with Gasteiger partial charge in [-0.2, -0.15) is 19.0 Å². The second-order valence-electron chi connectivity index (χ2n) is 35.8. The maximum Gasteiger partial charge on any atom is 0.332 e. The molecule has 135 heavy (non-hydrogen) atoms. The number of halogens is 2. The Kier molecular flexibility index (Phi) is 26.5. The summed E-state index contributed by atoms with van der Waals surface area (Å²) >= 11 is 0. The lowest BCUT2D eigenvalue weighted by molar-refractivity contribution is 0.0853. The molecule has 0 radical (unpaired) electrons. The highest BCUT2D eigenvalue weighted by molar-refractivity contribution is 8.00. The number of nitrogens with one attached hydrogen (secondary N) is 1. The Morgan fingerprint density at radius 3 is 1.62 bits per heavy atom. The van der Waals surface area contributed by atoms with E-state index in [4.69, 9.17) is 20.8 Å². The van der Waals surface area contributed by atoms with E-state index in [9.17, 15) is 62.8 Å². The maximum absolute atomic E-state index is 13.5. The first-order valence-electron chi connectivity index (χ1n) is 43.7. The van der Waals surface area contributed by atoms with Gasteiger partial charge in [0.05, 0.1) is 93.5 Å². The number of anilines is 5. The Morgan fingerprint density at radius 2 is 1.11 bits per heavy atom. The van der Waals surface area contributed by atoms with E-state index in [1.54, 1.807) is 103 Å². The van der Waals surface area contributed by atoms with Crippen LogP contribution < -0.4 is 43.3 Å². The number of imidazole rings is 1. The minimum Gasteiger partial charge on any atom is -0.384 e. The van der Waals surface area contributed by atoms with Gasteiger partial charge in [-0.05, 0) is 133 Å². The average Bonchev–Trinajstić information content (AvgIpc) is 1.56. The fourth-order valence-corrected chi connectivity index (χ4v) is 21.0. The smallest absolute Gasteiger partial charge is 0.332 e. The summed E-state index contributed by atoms with van der Waals surface area (Å²) in [7, 11) is -3.97. The lowest BCUT2D eigenvalue weighted by Crippen LogP contribution is -2.51. The Hall–Kier alpha value is -13.9. The molecule has 12 heterocycles. The monoisotopic (exact) mass is 1910 g/mol. The third kappa shape index (κ3) is 19.2. The van der Waals surface area contributed by atoms with Crippen LogP contribution in [0, 0.1) is 23.2 Å². The average molecular weight is 1910 g/mol. The van der Waals surface area contributed by atoms with Crippen molar-refractivity contribution in [1.82, 2.24) is 71.7 Å². The highest BCUT2D eigenvalue weighted by atomic mass is 32.2. The molecule has 19 rings (SSSR count). The molecule has 0 spiro atoms. The Bertz CT molecular complexity index is 7470. The van der Waals surface area contributed by atoms with Gasteiger partial charge in [0.25, 0.3) is 22.9 Å². The number of guanidine groups is 2. The van der Waals surface area contributed by atoms with E-state index >= 15 is 0 Å². The number of carbonyl (C=O) groups excluding carboxylic acids is 2. The van der Waals surface area contributed by atoms with Crippen molar-refractivity contribution in [3.63, 3.8) is 0 Å². The van der Waals surface area contributed by atoms with Gasteiger partial charge in [0.1, 0.15) is 43.8 Å². The standard InChI is InChI=1S/C27H28N6O2.C24H23FN6O3S.C24H23FN6O2S.C20H28N4O5S2/c1-19(2)15-33-23-17-32(16-20-9-11-22(12-10-20)31-14-13-28-18-31)25(29-21-7-5-4-6-8-21)24(23)26(34)30(3)27(33)35;1-29-22(32)20-21(31-18-7-3-6-17(18)27-24(29)31)28-30(23(20)35(2,33)34)13-14-9-11-15(12-10-14)16-5-4-8-19(25)26-16;1-29-22(32)20-21(31-18-7-3-6-17(18)27-24(29)31)28-30(23(20)34(2)33)13-14-9-11-15(12-10-14)16-5-4-8-19(25)26-16;1-20(2,3)12-24-16(21)15(18(25)23(4)19(24)26)17(30(5)27)22-11-13-7-9-14(10-8-13)31(6,28)29/h4-14,17-19,29H,15-16H2,1-3H3;4-5,8-12,17-18H,3,6-7,13H2,1-2H3;4-5,8-12,17-18H,3,6-7,13H2,1-2H3;7-10H,11-12,21H2,1-6H3/t;17-,18+;17-,18+,34?;/m.11./s1. The number of rotatable bonds is 20. The molecule has 702 valence electrons. The van der Waals surface area contributed by atoms with E-state index in [0.717, 1.165) is 94.8 Å². The molecule has 2 fully saturated rings. The molecule has 3 N–H and O–H groups in total. The summed E-state index contributed by atoms with van der Waals surface area (Å²) in [6, 6.07) is 48.7. The van der Waals surface area contributed by atoms with Crippen LogP contribution in [0.4, 0.5) is 37.7 Å². The summed E-state index contributed by atoms with van der Waals surface area (Å²) in [4.78, 5) is 111. The minimum atomic E-state index is -3.78. The van der Waals surface area contributed by atoms with Crippen molar-refractivity contribution >= 4 is 110 Å². The number of nitrogen functional groups attached to an aromatic ring is 1. The topological polar surface area (TPSA) is 397 Å². The van der Waals surface area contributed by atoms with E-state index in [1.165, 1.54) is 56.3 Å². The van der Waals surface area contributed by atoms with Gasteiger partial charge in [0.15, 0.2) is 36.3 Å². The second kappa shape index (κ2) is 37.9. The number of para-hydroxylation sites is 1. The summed E-state index contributed by atoms with van der Waals surface area (Å²) in [5.74, 6) is 1.20. The number of pyridine rings is 2. The van der Waals surface area contributed by atoms with Crippen LogP contribution in [-0.4, -0.2) is 189 Å². The highest BCUT2D eigenvalue weighted by Gasteiger charge is 2.52. The van der Waals surface area contributed by atoms with Crippen molar-refractivity contribution in [3.8, 4) is 28.2 Å². The first kappa shape index (κ1) is 94.3. The molecule has 13 aromatic rings. The van der Waals surface area contributed by atoms with Crippen molar-refractivity contribution in [2.45, 2.75) is 152 Å². The quantitative estimate of drug-likeness (QED) is 0.0406. The van der Waals surface area contributed by atoms with Crippen molar-refractivity contribution in [1.29, 1.82) is 0 Å². The number of benzene rings is 5. The fraction of sp³-hybridized carbons (Fsp3) is 0.326. The summed E-state index contributed by atoms with van der Waals surface area (Å²) in [6.07, 6.45) is 18.5. The van der Waals surface area contributed by atoms with Gasteiger partial charge >= 0.3 is 11.4 Å². The van der Waals surface area contributed by atoms with Crippen LogP contribution >= 0.6 is 0 Å². The zero-order chi connectivity index (χ0) is 96.3. The third-order valence-corrected chi connectivity index (χ3v) is 28.2. The number of sulfone groups is 2. The van der Waals surface area contributed by atoms with Gasteiger partial charge in [-0.15, -0.1) is 0 Å². The molecule has 4 aliphatic heterocycles. The predicted octanol–water partition coefficient (Wildman–Crippen LogP) is 10.8. The van der Waals surface area contributed by atoms with Crippen LogP contribution in [0.2, 0.25) is 0 Å². The number of nitrogens with two attached hydrogens (primary N) is 1. The van der Waals surface area contributed by atoms with Crippen LogP contribution in [0.3, 0.4) is 0 Å². The van der Waals surface area contributed by atoms with Gasteiger partial charge in [0, 0.05) is 114 Å². The van der Waals surface area contributed by atoms with Crippen LogP contribution in [-0.2, 0) is 94.6 Å². The lowest BCUT2D eigenvalue weighted by Gasteiger charge is -2.33. The van der Waals surface area contributed by atoms with Crippen molar-refractivity contribution in [2.75, 3.05) is 60.0 Å². The van der Waals surface area contributed by atoms with Gasteiger partial charge in [-0.3, -0.25) is 70.5 Å². The summed E-state index contributed by atoms with van der Waals surface area (Å²) < 4.78 is 113. The summed E-state index contributed by atoms with van der Waals surface area (Å²) in [5.41, 5.74) is 13.0. The van der Waals surface area contributed by atoms with E-state index in [-0.39, 0.29) is 104 Å². The maximum atomic E-state index is 13.5. The summed E-state index contributed by atoms with van der Waals surface area (Å²) in [5, 5.41) is 13.7. The predicted molar refractivity (Wildman–Crippen MR) is 517 cm³/mol. The zero-order valence-electron chi connectivity index (χ0n) is 76.6. The number of aliphatic imine (C=N–C) groups is 3. The molecule has 2 aliphatic carbocycles. The summed E-state index contributed by atoms with van der Waals surface area (Å²) in [6.45, 7) is 11.8. The van der Waals surface area contributed by atoms with Crippen LogP contribution in [0.5, 0.6) is 0 Å². The largest absolute Gasteiger partial charge is 0.384 e. The minimum absolute atomic E-state index is 0.0204. The fourth-order valence-electron chi connectivity index (χ4n) is 17.8. The molecule has 0 saturated heterocycles. The van der Waals surface area contributed by atoms with Gasteiger partial charge in [-0.1, -0.05) is 138 Å². The molecule has 2 unspecified atom stereocenters. The third-order valence-electron chi connectivity index (χ3n) is 24.2. The number of amides is 2. The van der Waals surface area contributed by atoms with Gasteiger partial charge in [0.2, 0.25) is 23.8 Å². The van der Waals surface area contributed by atoms with E-state index in [1.807, 2.05) is 126 Å².